The summed E-state index contributed by atoms with van der Waals surface area (Å²) < 4.78 is 6.34. The van der Waals surface area contributed by atoms with Crippen molar-refractivity contribution >= 4 is 5.91 Å². The number of nitrogens with zero attached hydrogens (tertiary/aromatic N) is 1. The van der Waals surface area contributed by atoms with Crippen molar-refractivity contribution in [1.29, 1.82) is 0 Å². The van der Waals surface area contributed by atoms with Crippen molar-refractivity contribution in [3.63, 3.8) is 0 Å². The number of hydrogen-bond donors (Lipinski definition) is 0. The first-order chi connectivity index (χ1) is 12.2. The maximum absolute atomic E-state index is 12.3. The largest absolute Gasteiger partial charge is 0.368 e. The predicted octanol–water partition coefficient (Wildman–Crippen LogP) is 4.65. The maximum atomic E-state index is 12.3. The van der Waals surface area contributed by atoms with Crippen molar-refractivity contribution in [3.05, 3.63) is 0 Å². The van der Waals surface area contributed by atoms with E-state index in [2.05, 4.69) is 0 Å². The van der Waals surface area contributed by atoms with Crippen LogP contribution in [0.3, 0.4) is 0 Å². The van der Waals surface area contributed by atoms with E-state index >= 15 is 0 Å². The van der Waals surface area contributed by atoms with Crippen molar-refractivity contribution in [1.82, 2.24) is 4.90 Å². The molecule has 25 heavy (non-hydrogen) atoms. The zero-order valence-corrected chi connectivity index (χ0v) is 16.1. The third kappa shape index (κ3) is 3.91. The summed E-state index contributed by atoms with van der Waals surface area (Å²) in [5, 5.41) is 0. The highest BCUT2D eigenvalue weighted by Crippen LogP contribution is 2.47. The Labute approximate surface area is 153 Å². The fraction of sp³-hybridized carbons (Fsp3) is 0.955. The summed E-state index contributed by atoms with van der Waals surface area (Å²) in [5.74, 6) is 4.20. The molecule has 4 aliphatic rings. The van der Waals surface area contributed by atoms with Crippen LogP contribution >= 0.6 is 0 Å². The number of hydrogen-bond acceptors (Lipinski definition) is 2. The van der Waals surface area contributed by atoms with Crippen molar-refractivity contribution in [2.75, 3.05) is 20.2 Å². The van der Waals surface area contributed by atoms with E-state index in [9.17, 15) is 4.79 Å². The lowest BCUT2D eigenvalue weighted by Gasteiger charge is -2.45. The first-order valence-corrected chi connectivity index (χ1v) is 11.1. The summed E-state index contributed by atoms with van der Waals surface area (Å²) in [5.41, 5.74) is 0. The number of amides is 1. The molecular weight excluding hydrogens is 310 g/mol. The first-order valence-electron chi connectivity index (χ1n) is 11.1. The average molecular weight is 348 g/mol. The molecular formula is C22H37NO2. The van der Waals surface area contributed by atoms with Crippen LogP contribution in [0.15, 0.2) is 0 Å². The second-order valence-corrected chi connectivity index (χ2v) is 9.49. The normalized spacial score (nSPS) is 41.2. The minimum absolute atomic E-state index is 0.190. The van der Waals surface area contributed by atoms with Crippen LogP contribution in [-0.4, -0.2) is 37.1 Å². The summed E-state index contributed by atoms with van der Waals surface area (Å²) >= 11 is 0. The molecule has 142 valence electrons. The van der Waals surface area contributed by atoms with E-state index in [1.807, 2.05) is 11.9 Å². The van der Waals surface area contributed by atoms with Crippen LogP contribution in [0.1, 0.15) is 77.0 Å². The maximum Gasteiger partial charge on any atom is 0.248 e. The van der Waals surface area contributed by atoms with Crippen molar-refractivity contribution in [2.45, 2.75) is 83.2 Å². The molecule has 3 nitrogen and oxygen atoms in total. The van der Waals surface area contributed by atoms with Gasteiger partial charge in [0, 0.05) is 19.5 Å². The molecule has 0 aromatic rings. The molecule has 1 saturated heterocycles. The fourth-order valence-electron chi connectivity index (χ4n) is 6.59. The Morgan fingerprint density at radius 1 is 0.800 bits per heavy atom. The Kier molecular flexibility index (Phi) is 5.69. The van der Waals surface area contributed by atoms with Gasteiger partial charge in [-0.05, 0) is 55.8 Å². The topological polar surface area (TPSA) is 29.5 Å². The third-order valence-corrected chi connectivity index (χ3v) is 8.03. The van der Waals surface area contributed by atoms with Crippen molar-refractivity contribution < 1.29 is 9.53 Å². The van der Waals surface area contributed by atoms with Crippen LogP contribution in [0.2, 0.25) is 0 Å². The monoisotopic (exact) mass is 347 g/mol. The van der Waals surface area contributed by atoms with E-state index < -0.39 is 0 Å². The second-order valence-electron chi connectivity index (χ2n) is 9.49. The molecule has 3 unspecified atom stereocenters. The highest BCUT2D eigenvalue weighted by molar-refractivity contribution is 5.77. The van der Waals surface area contributed by atoms with Crippen molar-refractivity contribution in [2.24, 2.45) is 29.6 Å². The SMILES string of the molecule is CN1C[C@H](C2CCC3CCCCC3C2)[C@@H](C2CCCCC2)OCC1=O. The molecule has 5 atom stereocenters. The molecule has 0 aromatic carbocycles. The van der Waals surface area contributed by atoms with E-state index in [4.69, 9.17) is 4.74 Å². The van der Waals surface area contributed by atoms with E-state index in [-0.39, 0.29) is 5.91 Å². The Morgan fingerprint density at radius 3 is 2.24 bits per heavy atom. The molecule has 0 spiro atoms. The third-order valence-electron chi connectivity index (χ3n) is 8.03. The number of ether oxygens (including phenoxy) is 1. The molecule has 3 aliphatic carbocycles. The summed E-state index contributed by atoms with van der Waals surface area (Å²) in [6, 6.07) is 0. The molecule has 4 fully saturated rings. The van der Waals surface area contributed by atoms with Gasteiger partial charge in [-0.15, -0.1) is 0 Å². The Morgan fingerprint density at radius 2 is 1.44 bits per heavy atom. The van der Waals surface area contributed by atoms with Gasteiger partial charge < -0.3 is 9.64 Å². The standard InChI is InChI=1S/C22H37NO2/c1-23-14-20(19-12-11-16-7-5-6-10-18(16)13-19)22(25-15-21(23)24)17-8-3-2-4-9-17/h16-20,22H,2-15H2,1H3/t16?,18?,19?,20-,22-/m1/s1. The molecule has 1 amide bonds. The Bertz CT molecular complexity index is 459. The minimum atomic E-state index is 0.190. The average Bonchev–Trinajstić information content (AvgIpc) is 2.81. The van der Waals surface area contributed by atoms with E-state index in [0.717, 1.165) is 24.3 Å². The smallest absolute Gasteiger partial charge is 0.248 e. The van der Waals surface area contributed by atoms with Crippen LogP contribution < -0.4 is 0 Å². The highest BCUT2D eigenvalue weighted by atomic mass is 16.5. The summed E-state index contributed by atoms with van der Waals surface area (Å²) in [6.07, 6.45) is 17.1. The van der Waals surface area contributed by atoms with Gasteiger partial charge in [0.2, 0.25) is 5.91 Å². The van der Waals surface area contributed by atoms with Gasteiger partial charge in [0.15, 0.2) is 0 Å². The molecule has 0 bridgehead atoms. The number of carbonyl (C=O) groups is 1. The highest BCUT2D eigenvalue weighted by Gasteiger charge is 2.43. The van der Waals surface area contributed by atoms with Gasteiger partial charge >= 0.3 is 0 Å². The van der Waals surface area contributed by atoms with Gasteiger partial charge in [0.1, 0.15) is 6.61 Å². The number of rotatable bonds is 2. The van der Waals surface area contributed by atoms with Gasteiger partial charge in [-0.2, -0.15) is 0 Å². The van der Waals surface area contributed by atoms with Gasteiger partial charge in [-0.25, -0.2) is 0 Å². The summed E-state index contributed by atoms with van der Waals surface area (Å²) in [7, 11) is 1.99. The molecule has 4 rings (SSSR count). The second kappa shape index (κ2) is 7.98. The molecule has 0 radical (unpaired) electrons. The molecule has 0 aromatic heterocycles. The fourth-order valence-corrected chi connectivity index (χ4v) is 6.59. The van der Waals surface area contributed by atoms with Gasteiger partial charge in [-0.3, -0.25) is 4.79 Å². The molecule has 1 heterocycles. The molecule has 0 N–H and O–H groups in total. The molecule has 3 heteroatoms. The minimum Gasteiger partial charge on any atom is -0.368 e. The van der Waals surface area contributed by atoms with Crippen LogP contribution in [0.5, 0.6) is 0 Å². The van der Waals surface area contributed by atoms with E-state index in [0.29, 0.717) is 24.5 Å². The predicted molar refractivity (Wildman–Crippen MR) is 100 cm³/mol. The lowest BCUT2D eigenvalue weighted by Crippen LogP contribution is -2.43. The van der Waals surface area contributed by atoms with Crippen LogP contribution in [-0.2, 0) is 9.53 Å². The van der Waals surface area contributed by atoms with Crippen molar-refractivity contribution in [3.8, 4) is 0 Å². The number of fused-ring (bicyclic) bond motifs is 1. The Hall–Kier alpha value is -0.570. The molecule has 1 aliphatic heterocycles. The van der Waals surface area contributed by atoms with Crippen LogP contribution in [0.4, 0.5) is 0 Å². The first kappa shape index (κ1) is 17.8. The van der Waals surface area contributed by atoms with Gasteiger partial charge in [0.05, 0.1) is 6.10 Å². The van der Waals surface area contributed by atoms with Crippen LogP contribution in [0.25, 0.3) is 0 Å². The van der Waals surface area contributed by atoms with E-state index in [1.165, 1.54) is 77.0 Å². The number of carbonyl (C=O) groups excluding carboxylic acids is 1. The lowest BCUT2D eigenvalue weighted by molar-refractivity contribution is -0.134. The van der Waals surface area contributed by atoms with Crippen LogP contribution in [0, 0.1) is 29.6 Å². The zero-order chi connectivity index (χ0) is 17.2. The number of likely N-dealkylation sites (N-methyl/N-ethyl adjacent to an activating group) is 1. The quantitative estimate of drug-likeness (QED) is 0.728. The Balaban J connectivity index is 1.50. The van der Waals surface area contributed by atoms with E-state index in [1.54, 1.807) is 0 Å². The summed E-state index contributed by atoms with van der Waals surface area (Å²) in [6.45, 7) is 1.25. The van der Waals surface area contributed by atoms with Gasteiger partial charge in [-0.1, -0.05) is 44.9 Å². The molecule has 3 saturated carbocycles. The zero-order valence-electron chi connectivity index (χ0n) is 16.1. The lowest BCUT2D eigenvalue weighted by atomic mass is 9.63. The van der Waals surface area contributed by atoms with Gasteiger partial charge in [0.25, 0.3) is 0 Å². The summed E-state index contributed by atoms with van der Waals surface area (Å²) in [4.78, 5) is 14.3.